The van der Waals surface area contributed by atoms with Crippen LogP contribution in [0.15, 0.2) is 59.6 Å². The summed E-state index contributed by atoms with van der Waals surface area (Å²) in [5.74, 6) is -1.74. The monoisotopic (exact) mass is 593 g/mol. The summed E-state index contributed by atoms with van der Waals surface area (Å²) in [5, 5.41) is 9.29. The summed E-state index contributed by atoms with van der Waals surface area (Å²) >= 11 is 13.5. The van der Waals surface area contributed by atoms with Crippen LogP contribution in [0.2, 0.25) is 10.0 Å². The third-order valence-electron chi connectivity index (χ3n) is 5.70. The minimum atomic E-state index is -1.05. The number of benzene rings is 2. The number of thioether (sulfide) groups is 1. The topological polar surface area (TPSA) is 119 Å². The summed E-state index contributed by atoms with van der Waals surface area (Å²) in [7, 11) is 0. The van der Waals surface area contributed by atoms with Crippen molar-refractivity contribution in [3.05, 3.63) is 64.8 Å². The number of hydrogen-bond donors (Lipinski definition) is 0. The summed E-state index contributed by atoms with van der Waals surface area (Å²) in [6.07, 6.45) is -1.33. The van der Waals surface area contributed by atoms with Gasteiger partial charge in [-0.1, -0.05) is 70.5 Å². The zero-order valence-electron chi connectivity index (χ0n) is 21.2. The Hall–Kier alpha value is -3.12. The van der Waals surface area contributed by atoms with E-state index >= 15 is 0 Å². The van der Waals surface area contributed by atoms with E-state index in [0.717, 1.165) is 5.56 Å². The number of esters is 3. The van der Waals surface area contributed by atoms with Gasteiger partial charge in [0.05, 0.1) is 16.2 Å². The van der Waals surface area contributed by atoms with Gasteiger partial charge in [0.2, 0.25) is 0 Å². The van der Waals surface area contributed by atoms with E-state index in [4.69, 9.17) is 42.1 Å². The molecule has 0 N–H and O–H groups in total. The smallest absolute Gasteiger partial charge is 0.303 e. The Morgan fingerprint density at radius 2 is 1.64 bits per heavy atom. The molecule has 1 fully saturated rings. The van der Waals surface area contributed by atoms with Gasteiger partial charge in [-0.2, -0.15) is 0 Å². The van der Waals surface area contributed by atoms with E-state index in [-0.39, 0.29) is 6.61 Å². The number of nitrogens with zero attached hydrogens (tertiary/aromatic N) is 3. The Balaban J connectivity index is 1.79. The second kappa shape index (κ2) is 12.8. The van der Waals surface area contributed by atoms with E-state index in [1.807, 2.05) is 30.3 Å². The quantitative estimate of drug-likeness (QED) is 0.267. The van der Waals surface area contributed by atoms with Crippen LogP contribution < -0.4 is 0 Å². The molecule has 0 aliphatic carbocycles. The average Bonchev–Trinajstić information content (AvgIpc) is 3.36. The van der Waals surface area contributed by atoms with E-state index in [9.17, 15) is 14.4 Å². The molecule has 1 aliphatic heterocycles. The highest BCUT2D eigenvalue weighted by Crippen LogP contribution is 2.42. The third kappa shape index (κ3) is 7.30. The van der Waals surface area contributed by atoms with E-state index in [0.29, 0.717) is 20.6 Å². The molecule has 4 rings (SSSR count). The number of halogens is 2. The van der Waals surface area contributed by atoms with Gasteiger partial charge in [-0.05, 0) is 18.2 Å². The molecule has 1 aliphatic rings. The molecule has 13 heteroatoms. The van der Waals surface area contributed by atoms with Gasteiger partial charge in [0.1, 0.15) is 29.9 Å². The van der Waals surface area contributed by atoms with Crippen LogP contribution in [-0.2, 0) is 33.3 Å². The average molecular weight is 594 g/mol. The van der Waals surface area contributed by atoms with Crippen molar-refractivity contribution in [2.45, 2.75) is 55.5 Å². The zero-order valence-corrected chi connectivity index (χ0v) is 23.5. The summed E-state index contributed by atoms with van der Waals surface area (Å²) in [5.41, 5.74) is 0.505. The van der Waals surface area contributed by atoms with Crippen LogP contribution in [0.5, 0.6) is 0 Å². The molecule has 1 saturated heterocycles. The van der Waals surface area contributed by atoms with Crippen molar-refractivity contribution >= 4 is 52.9 Å². The molecule has 2 aromatic carbocycles. The fourth-order valence-electron chi connectivity index (χ4n) is 4.13. The van der Waals surface area contributed by atoms with Gasteiger partial charge in [-0.15, -0.1) is 5.10 Å². The van der Waals surface area contributed by atoms with Crippen LogP contribution in [0.25, 0.3) is 11.3 Å². The number of ether oxygens (including phenoxy) is 4. The molecular weight excluding hydrogens is 569 g/mol. The Morgan fingerprint density at radius 3 is 2.28 bits per heavy atom. The molecule has 0 radical (unpaired) electrons. The van der Waals surface area contributed by atoms with Crippen molar-refractivity contribution in [2.75, 3.05) is 6.61 Å². The van der Waals surface area contributed by atoms with Crippen LogP contribution in [-0.4, -0.2) is 63.3 Å². The Labute approximate surface area is 238 Å². The summed E-state index contributed by atoms with van der Waals surface area (Å²) in [6, 6.07) is 13.5. The minimum Gasteiger partial charge on any atom is -0.463 e. The highest BCUT2D eigenvalue weighted by molar-refractivity contribution is 7.99. The second-order valence-electron chi connectivity index (χ2n) is 8.63. The van der Waals surface area contributed by atoms with E-state index in [1.165, 1.54) is 37.2 Å². The number of rotatable bonds is 8. The maximum atomic E-state index is 12.3. The van der Waals surface area contributed by atoms with Gasteiger partial charge in [0.15, 0.2) is 12.2 Å². The molecule has 10 nitrogen and oxygen atoms in total. The molecule has 0 amide bonds. The van der Waals surface area contributed by atoms with E-state index in [2.05, 4.69) is 10.3 Å². The van der Waals surface area contributed by atoms with Crippen molar-refractivity contribution in [1.82, 2.24) is 15.0 Å². The fraction of sp³-hybridized carbons (Fsp3) is 0.346. The first-order valence-corrected chi connectivity index (χ1v) is 13.5. The first kappa shape index (κ1) is 28.9. The summed E-state index contributed by atoms with van der Waals surface area (Å²) < 4.78 is 24.4. The Kier molecular flexibility index (Phi) is 9.49. The van der Waals surface area contributed by atoms with Gasteiger partial charge in [0, 0.05) is 31.2 Å². The molecule has 0 saturated carbocycles. The maximum absolute atomic E-state index is 12.3. The van der Waals surface area contributed by atoms with Crippen LogP contribution in [0.4, 0.5) is 0 Å². The summed E-state index contributed by atoms with van der Waals surface area (Å²) in [6.45, 7) is 3.54. The van der Waals surface area contributed by atoms with Gasteiger partial charge in [-0.3, -0.25) is 14.4 Å². The molecule has 39 heavy (non-hydrogen) atoms. The number of carbonyl (C=O) groups is 3. The predicted octanol–water partition coefficient (Wildman–Crippen LogP) is 4.74. The molecule has 3 aromatic rings. The van der Waals surface area contributed by atoms with Crippen molar-refractivity contribution in [1.29, 1.82) is 0 Å². The maximum Gasteiger partial charge on any atom is 0.303 e. The highest BCUT2D eigenvalue weighted by atomic mass is 35.5. The SMILES string of the molecule is CC(=O)OCC1O[C@H](Sc2ccc(Cl)c(Cl)c2)C(OC(C)=O)[C@@H](n2cc(-c3ccccc3)nn2)[C@H]1OC(C)=O. The van der Waals surface area contributed by atoms with E-state index in [1.54, 1.807) is 24.4 Å². The van der Waals surface area contributed by atoms with Gasteiger partial charge >= 0.3 is 17.9 Å². The van der Waals surface area contributed by atoms with Crippen LogP contribution in [0.3, 0.4) is 0 Å². The fourth-order valence-corrected chi connectivity index (χ4v) is 5.64. The van der Waals surface area contributed by atoms with Crippen molar-refractivity contribution in [2.24, 2.45) is 0 Å². The molecule has 206 valence electrons. The molecule has 2 unspecified atom stereocenters. The van der Waals surface area contributed by atoms with Gasteiger partial charge < -0.3 is 18.9 Å². The van der Waals surface area contributed by atoms with Crippen molar-refractivity contribution < 1.29 is 33.3 Å². The molecular formula is C26H25Cl2N3O7S. The predicted molar refractivity (Wildman–Crippen MR) is 143 cm³/mol. The number of aromatic nitrogens is 3. The van der Waals surface area contributed by atoms with Gasteiger partial charge in [0.25, 0.3) is 0 Å². The zero-order chi connectivity index (χ0) is 28.1. The number of carbonyl (C=O) groups excluding carboxylic acids is 3. The normalized spacial score (nSPS) is 22.6. The lowest BCUT2D eigenvalue weighted by Crippen LogP contribution is -2.57. The lowest BCUT2D eigenvalue weighted by atomic mass is 9.96. The molecule has 5 atom stereocenters. The lowest BCUT2D eigenvalue weighted by molar-refractivity contribution is -0.212. The van der Waals surface area contributed by atoms with Gasteiger partial charge in [-0.25, -0.2) is 4.68 Å². The van der Waals surface area contributed by atoms with Crippen molar-refractivity contribution in [3.63, 3.8) is 0 Å². The van der Waals surface area contributed by atoms with Crippen molar-refractivity contribution in [3.8, 4) is 11.3 Å². The van der Waals surface area contributed by atoms with Crippen LogP contribution in [0.1, 0.15) is 26.8 Å². The third-order valence-corrected chi connectivity index (χ3v) is 7.58. The summed E-state index contributed by atoms with van der Waals surface area (Å²) in [4.78, 5) is 36.8. The van der Waals surface area contributed by atoms with Crippen LogP contribution >= 0.6 is 35.0 Å². The van der Waals surface area contributed by atoms with E-state index < -0.39 is 47.7 Å². The largest absolute Gasteiger partial charge is 0.463 e. The highest BCUT2D eigenvalue weighted by Gasteiger charge is 2.52. The standard InChI is InChI=1S/C26H25Cl2N3O7S/c1-14(32)35-13-22-24(36-15(2)33)23(31-12-21(29-30-31)17-7-5-4-6-8-17)25(37-16(3)34)26(38-22)39-18-9-10-19(27)20(28)11-18/h4-12,22-26H,13H2,1-3H3/t22?,23-,24-,25?,26+/m0/s1. The first-order chi connectivity index (χ1) is 18.6. The second-order valence-corrected chi connectivity index (χ2v) is 10.6. The lowest BCUT2D eigenvalue weighted by Gasteiger charge is -2.44. The molecule has 2 heterocycles. The number of hydrogen-bond acceptors (Lipinski definition) is 10. The minimum absolute atomic E-state index is 0.227. The first-order valence-electron chi connectivity index (χ1n) is 11.8. The van der Waals surface area contributed by atoms with Crippen LogP contribution in [0, 0.1) is 0 Å². The molecule has 0 bridgehead atoms. The Morgan fingerprint density at radius 1 is 0.949 bits per heavy atom. The molecule has 0 spiro atoms. The Bertz CT molecular complexity index is 1340. The molecule has 1 aromatic heterocycles.